The number of allylic oxidation sites excluding steroid dienone is 1. The van der Waals surface area contributed by atoms with Crippen molar-refractivity contribution in [2.75, 3.05) is 0 Å². The van der Waals surface area contributed by atoms with Gasteiger partial charge in [0, 0.05) is 6.42 Å². The third kappa shape index (κ3) is 5.96. The van der Waals surface area contributed by atoms with E-state index in [1.54, 1.807) is 0 Å². The molecular weight excluding hydrogens is 152 g/mol. The summed E-state index contributed by atoms with van der Waals surface area (Å²) < 4.78 is 0. The Morgan fingerprint density at radius 3 is 2.75 bits per heavy atom. The summed E-state index contributed by atoms with van der Waals surface area (Å²) in [6.45, 7) is 5.66. The smallest absolute Gasteiger partial charge is 0.303 e. The first kappa shape index (κ1) is 11.2. The first-order valence-electron chi connectivity index (χ1n) is 4.32. The molecule has 12 heavy (non-hydrogen) atoms. The minimum absolute atomic E-state index is 0.279. The molecule has 1 radical (unpaired) electrons. The van der Waals surface area contributed by atoms with Gasteiger partial charge in [-0.2, -0.15) is 0 Å². The first-order valence-corrected chi connectivity index (χ1v) is 4.32. The van der Waals surface area contributed by atoms with Crippen LogP contribution in [0.4, 0.5) is 0 Å². The molecule has 0 amide bonds. The van der Waals surface area contributed by atoms with E-state index in [-0.39, 0.29) is 6.42 Å². The Bertz CT molecular complexity index is 141. The fourth-order valence-corrected chi connectivity index (χ4v) is 1.15. The monoisotopic (exact) mass is 169 g/mol. The van der Waals surface area contributed by atoms with E-state index < -0.39 is 5.97 Å². The number of hydrogen-bond acceptors (Lipinski definition) is 1. The van der Waals surface area contributed by atoms with E-state index in [9.17, 15) is 4.79 Å². The number of rotatable bonds is 7. The highest BCUT2D eigenvalue weighted by Crippen LogP contribution is 2.15. The SMILES string of the molecule is C=CCC([CH]C)CCCC(=O)O. The summed E-state index contributed by atoms with van der Waals surface area (Å²) >= 11 is 0. The van der Waals surface area contributed by atoms with Gasteiger partial charge in [0.15, 0.2) is 0 Å². The lowest BCUT2D eigenvalue weighted by atomic mass is 9.96. The zero-order valence-electron chi connectivity index (χ0n) is 7.62. The normalized spacial score (nSPS) is 12.4. The summed E-state index contributed by atoms with van der Waals surface area (Å²) in [7, 11) is 0. The molecule has 0 aliphatic rings. The number of carboxylic acid groups (broad SMARTS) is 1. The van der Waals surface area contributed by atoms with Gasteiger partial charge in [-0.25, -0.2) is 0 Å². The van der Waals surface area contributed by atoms with Crippen LogP contribution in [0.1, 0.15) is 32.6 Å². The van der Waals surface area contributed by atoms with E-state index in [1.165, 1.54) is 0 Å². The Morgan fingerprint density at radius 1 is 1.67 bits per heavy atom. The predicted molar refractivity (Wildman–Crippen MR) is 49.8 cm³/mol. The van der Waals surface area contributed by atoms with Crippen molar-refractivity contribution in [1.29, 1.82) is 0 Å². The van der Waals surface area contributed by atoms with Gasteiger partial charge in [0.1, 0.15) is 0 Å². The van der Waals surface area contributed by atoms with Crippen molar-refractivity contribution in [2.24, 2.45) is 5.92 Å². The molecule has 0 fully saturated rings. The standard InChI is InChI=1S/C10H17O2/c1-3-6-9(4-2)7-5-8-10(11)12/h3-4,9H,1,5-8H2,2H3,(H,11,12). The molecule has 69 valence electrons. The van der Waals surface area contributed by atoms with Crippen LogP contribution < -0.4 is 0 Å². The first-order chi connectivity index (χ1) is 5.70. The van der Waals surface area contributed by atoms with E-state index in [2.05, 4.69) is 13.0 Å². The van der Waals surface area contributed by atoms with Gasteiger partial charge >= 0.3 is 5.97 Å². The van der Waals surface area contributed by atoms with Crippen LogP contribution in [0.2, 0.25) is 0 Å². The van der Waals surface area contributed by atoms with Crippen molar-refractivity contribution in [1.82, 2.24) is 0 Å². The fraction of sp³-hybridized carbons (Fsp3) is 0.600. The van der Waals surface area contributed by atoms with Crippen molar-refractivity contribution in [2.45, 2.75) is 32.6 Å². The molecule has 1 atom stereocenters. The Balaban J connectivity index is 3.43. The molecule has 2 nitrogen and oxygen atoms in total. The van der Waals surface area contributed by atoms with Crippen molar-refractivity contribution in [3.63, 3.8) is 0 Å². The Hall–Kier alpha value is -0.790. The average Bonchev–Trinajstić information content (AvgIpc) is 2.02. The molecule has 0 saturated carbocycles. The molecule has 0 saturated heterocycles. The maximum Gasteiger partial charge on any atom is 0.303 e. The highest BCUT2D eigenvalue weighted by Gasteiger charge is 2.05. The highest BCUT2D eigenvalue weighted by molar-refractivity contribution is 5.66. The molecule has 0 aromatic carbocycles. The van der Waals surface area contributed by atoms with Crippen LogP contribution in [0.25, 0.3) is 0 Å². The zero-order chi connectivity index (χ0) is 9.40. The number of hydrogen-bond donors (Lipinski definition) is 1. The molecule has 2 heteroatoms. The molecule has 0 spiro atoms. The van der Waals surface area contributed by atoms with Crippen LogP contribution in [0, 0.1) is 12.3 Å². The van der Waals surface area contributed by atoms with Gasteiger partial charge in [-0.3, -0.25) is 4.79 Å². The molecular formula is C10H17O2. The average molecular weight is 169 g/mol. The Kier molecular flexibility index (Phi) is 6.44. The lowest BCUT2D eigenvalue weighted by molar-refractivity contribution is -0.137. The molecule has 0 aromatic rings. The Morgan fingerprint density at radius 2 is 2.33 bits per heavy atom. The molecule has 0 rings (SSSR count). The summed E-state index contributed by atoms with van der Waals surface area (Å²) in [4.78, 5) is 10.2. The van der Waals surface area contributed by atoms with Crippen LogP contribution in [-0.2, 0) is 4.79 Å². The van der Waals surface area contributed by atoms with Crippen molar-refractivity contribution in [3.05, 3.63) is 19.1 Å². The third-order valence-corrected chi connectivity index (χ3v) is 1.91. The van der Waals surface area contributed by atoms with Crippen LogP contribution >= 0.6 is 0 Å². The molecule has 1 N–H and O–H groups in total. The van der Waals surface area contributed by atoms with E-state index in [4.69, 9.17) is 5.11 Å². The van der Waals surface area contributed by atoms with Gasteiger partial charge in [0.25, 0.3) is 0 Å². The van der Waals surface area contributed by atoms with Crippen molar-refractivity contribution < 1.29 is 9.90 Å². The van der Waals surface area contributed by atoms with E-state index >= 15 is 0 Å². The quantitative estimate of drug-likeness (QED) is 0.595. The number of carboxylic acids is 1. The lowest BCUT2D eigenvalue weighted by Crippen LogP contribution is -2.01. The van der Waals surface area contributed by atoms with Gasteiger partial charge in [-0.15, -0.1) is 6.58 Å². The van der Waals surface area contributed by atoms with Crippen LogP contribution in [0.5, 0.6) is 0 Å². The highest BCUT2D eigenvalue weighted by atomic mass is 16.4. The minimum Gasteiger partial charge on any atom is -0.481 e. The van der Waals surface area contributed by atoms with Crippen LogP contribution in [-0.4, -0.2) is 11.1 Å². The number of carbonyl (C=O) groups is 1. The maximum absolute atomic E-state index is 10.2. The molecule has 0 bridgehead atoms. The van der Waals surface area contributed by atoms with Crippen molar-refractivity contribution >= 4 is 5.97 Å². The minimum atomic E-state index is -0.705. The van der Waals surface area contributed by atoms with Gasteiger partial charge < -0.3 is 5.11 Å². The maximum atomic E-state index is 10.2. The molecule has 0 aliphatic heterocycles. The second-order valence-corrected chi connectivity index (χ2v) is 2.90. The number of aliphatic carboxylic acids is 1. The molecule has 1 unspecified atom stereocenters. The van der Waals surface area contributed by atoms with Crippen LogP contribution in [0.3, 0.4) is 0 Å². The second-order valence-electron chi connectivity index (χ2n) is 2.90. The predicted octanol–water partition coefficient (Wildman–Crippen LogP) is 2.66. The molecule has 0 aliphatic carbocycles. The summed E-state index contributed by atoms with van der Waals surface area (Å²) in [5.41, 5.74) is 0. The molecule has 0 heterocycles. The Labute approximate surface area is 74.3 Å². The summed E-state index contributed by atoms with van der Waals surface area (Å²) in [5.74, 6) is -0.203. The lowest BCUT2D eigenvalue weighted by Gasteiger charge is -2.10. The van der Waals surface area contributed by atoms with Crippen LogP contribution in [0.15, 0.2) is 12.7 Å². The van der Waals surface area contributed by atoms with Crippen molar-refractivity contribution in [3.8, 4) is 0 Å². The van der Waals surface area contributed by atoms with Gasteiger partial charge in [0.05, 0.1) is 0 Å². The van der Waals surface area contributed by atoms with E-state index in [0.29, 0.717) is 5.92 Å². The summed E-state index contributed by atoms with van der Waals surface area (Å²) in [5, 5.41) is 8.40. The largest absolute Gasteiger partial charge is 0.481 e. The topological polar surface area (TPSA) is 37.3 Å². The fourth-order valence-electron chi connectivity index (χ4n) is 1.15. The van der Waals surface area contributed by atoms with Gasteiger partial charge in [0.2, 0.25) is 0 Å². The van der Waals surface area contributed by atoms with Gasteiger partial charge in [-0.1, -0.05) is 13.0 Å². The summed E-state index contributed by atoms with van der Waals surface area (Å²) in [6, 6.07) is 0. The molecule has 0 aromatic heterocycles. The van der Waals surface area contributed by atoms with E-state index in [1.807, 2.05) is 13.0 Å². The van der Waals surface area contributed by atoms with Gasteiger partial charge in [-0.05, 0) is 31.6 Å². The zero-order valence-corrected chi connectivity index (χ0v) is 7.62. The third-order valence-electron chi connectivity index (χ3n) is 1.91. The second kappa shape index (κ2) is 6.89. The summed E-state index contributed by atoms with van der Waals surface area (Å²) in [6.07, 6.45) is 6.94. The van der Waals surface area contributed by atoms with E-state index in [0.717, 1.165) is 19.3 Å².